The Bertz CT molecular complexity index is 539. The number of pyridine rings is 1. The average Bonchev–Trinajstić information content (AvgIpc) is 2.48. The van der Waals surface area contributed by atoms with Crippen molar-refractivity contribution in [2.24, 2.45) is 5.73 Å². The Morgan fingerprint density at radius 2 is 2.05 bits per heavy atom. The quantitative estimate of drug-likeness (QED) is 0.866. The number of likely N-dealkylation sites (tertiary alicyclic amines) is 1. The van der Waals surface area contributed by atoms with E-state index in [1.165, 1.54) is 24.1 Å². The lowest BCUT2D eigenvalue weighted by Gasteiger charge is -2.30. The van der Waals surface area contributed by atoms with Crippen molar-refractivity contribution in [1.29, 1.82) is 0 Å². The molecule has 1 aromatic heterocycles. The molecule has 0 spiro atoms. The predicted molar refractivity (Wildman–Crippen MR) is 87.9 cm³/mol. The highest BCUT2D eigenvalue weighted by atomic mass is 32.1. The monoisotopic (exact) mass is 305 g/mol. The molecular weight excluding hydrogens is 282 g/mol. The lowest BCUT2D eigenvalue weighted by atomic mass is 9.95. The van der Waals surface area contributed by atoms with Gasteiger partial charge in [0.05, 0.1) is 5.56 Å². The van der Waals surface area contributed by atoms with Crippen LogP contribution < -0.4 is 10.5 Å². The number of rotatable bonds is 3. The first kappa shape index (κ1) is 14.7. The van der Waals surface area contributed by atoms with Gasteiger partial charge in [-0.15, -0.1) is 0 Å². The normalized spacial score (nSPS) is 20.0. The van der Waals surface area contributed by atoms with E-state index in [9.17, 15) is 0 Å². The summed E-state index contributed by atoms with van der Waals surface area (Å²) < 4.78 is 6.16. The molecule has 1 aromatic rings. The van der Waals surface area contributed by atoms with E-state index in [1.807, 2.05) is 0 Å². The molecule has 4 nitrogen and oxygen atoms in total. The zero-order valence-corrected chi connectivity index (χ0v) is 13.4. The molecule has 0 bridgehead atoms. The molecular formula is C16H23N3OS. The molecule has 0 aromatic carbocycles. The SMILES string of the molecule is CN1CCC(Oc2nc3c(cc2C(N)=S)CCCC3)CC1. The number of fused-ring (bicyclic) bond motifs is 1. The van der Waals surface area contributed by atoms with Crippen LogP contribution >= 0.6 is 12.2 Å². The fraction of sp³-hybridized carbons (Fsp3) is 0.625. The number of aromatic nitrogens is 1. The van der Waals surface area contributed by atoms with Gasteiger partial charge in [-0.2, -0.15) is 0 Å². The molecule has 2 heterocycles. The molecule has 1 aliphatic heterocycles. The first-order chi connectivity index (χ1) is 10.1. The van der Waals surface area contributed by atoms with Crippen LogP contribution in [0.1, 0.15) is 42.5 Å². The number of hydrogen-bond donors (Lipinski definition) is 1. The summed E-state index contributed by atoms with van der Waals surface area (Å²) in [7, 11) is 2.15. The molecule has 0 atom stereocenters. The molecule has 3 rings (SSSR count). The van der Waals surface area contributed by atoms with Gasteiger partial charge < -0.3 is 15.4 Å². The van der Waals surface area contributed by atoms with E-state index in [-0.39, 0.29) is 6.10 Å². The van der Waals surface area contributed by atoms with Crippen molar-refractivity contribution in [2.45, 2.75) is 44.6 Å². The Morgan fingerprint density at radius 1 is 1.33 bits per heavy atom. The molecule has 0 unspecified atom stereocenters. The fourth-order valence-electron chi connectivity index (χ4n) is 3.14. The van der Waals surface area contributed by atoms with Gasteiger partial charge >= 0.3 is 0 Å². The van der Waals surface area contributed by atoms with Crippen LogP contribution in [0.2, 0.25) is 0 Å². The summed E-state index contributed by atoms with van der Waals surface area (Å²) >= 11 is 5.19. The standard InChI is InChI=1S/C16H23N3OS/c1-19-8-6-12(7-9-19)20-16-13(15(17)21)10-11-4-2-3-5-14(11)18-16/h10,12H,2-9H2,1H3,(H2,17,21). The lowest BCUT2D eigenvalue weighted by Crippen LogP contribution is -2.36. The maximum atomic E-state index is 6.16. The van der Waals surface area contributed by atoms with Gasteiger partial charge in [0.25, 0.3) is 0 Å². The smallest absolute Gasteiger partial charge is 0.224 e. The molecule has 2 N–H and O–H groups in total. The summed E-state index contributed by atoms with van der Waals surface area (Å²) in [4.78, 5) is 7.46. The average molecular weight is 305 g/mol. The Morgan fingerprint density at radius 3 is 2.76 bits per heavy atom. The first-order valence-electron chi connectivity index (χ1n) is 7.81. The molecule has 21 heavy (non-hydrogen) atoms. The lowest BCUT2D eigenvalue weighted by molar-refractivity contribution is 0.109. The minimum atomic E-state index is 0.225. The van der Waals surface area contributed by atoms with Crippen LogP contribution in [0.25, 0.3) is 0 Å². The van der Waals surface area contributed by atoms with E-state index in [4.69, 9.17) is 27.7 Å². The number of aryl methyl sites for hydroxylation is 2. The number of ether oxygens (including phenoxy) is 1. The zero-order chi connectivity index (χ0) is 14.8. The van der Waals surface area contributed by atoms with Crippen LogP contribution in [-0.2, 0) is 12.8 Å². The summed E-state index contributed by atoms with van der Waals surface area (Å²) in [5.74, 6) is 0.651. The van der Waals surface area contributed by atoms with Crippen molar-refractivity contribution in [3.63, 3.8) is 0 Å². The van der Waals surface area contributed by atoms with E-state index in [1.54, 1.807) is 0 Å². The molecule has 0 radical (unpaired) electrons. The zero-order valence-electron chi connectivity index (χ0n) is 12.6. The van der Waals surface area contributed by atoms with Gasteiger partial charge in [-0.25, -0.2) is 4.98 Å². The number of nitrogens with zero attached hydrogens (tertiary/aromatic N) is 2. The molecule has 0 saturated carbocycles. The second-order valence-corrected chi connectivity index (χ2v) is 6.58. The highest BCUT2D eigenvalue weighted by Gasteiger charge is 2.22. The minimum absolute atomic E-state index is 0.225. The second kappa shape index (κ2) is 6.28. The largest absolute Gasteiger partial charge is 0.474 e. The summed E-state index contributed by atoms with van der Waals surface area (Å²) in [6, 6.07) is 2.11. The van der Waals surface area contributed by atoms with Crippen LogP contribution in [0, 0.1) is 0 Å². The summed E-state index contributed by atoms with van der Waals surface area (Å²) in [5.41, 5.74) is 9.15. The van der Waals surface area contributed by atoms with Crippen LogP contribution in [-0.4, -0.2) is 41.1 Å². The van der Waals surface area contributed by atoms with Crippen LogP contribution in [0.4, 0.5) is 0 Å². The molecule has 5 heteroatoms. The van der Waals surface area contributed by atoms with E-state index in [0.717, 1.165) is 44.3 Å². The number of hydrogen-bond acceptors (Lipinski definition) is 4. The summed E-state index contributed by atoms with van der Waals surface area (Å²) in [6.07, 6.45) is 6.84. The Labute approximate surface area is 131 Å². The summed E-state index contributed by atoms with van der Waals surface area (Å²) in [6.45, 7) is 2.13. The number of nitrogens with two attached hydrogens (primary N) is 1. The first-order valence-corrected chi connectivity index (χ1v) is 8.22. The topological polar surface area (TPSA) is 51.4 Å². The van der Waals surface area contributed by atoms with Crippen LogP contribution in [0.15, 0.2) is 6.07 Å². The molecule has 1 fully saturated rings. The molecule has 1 saturated heterocycles. The predicted octanol–water partition coefficient (Wildman–Crippen LogP) is 2.07. The molecule has 2 aliphatic rings. The number of thiocarbonyl (C=S) groups is 1. The third kappa shape index (κ3) is 3.35. The maximum absolute atomic E-state index is 6.16. The van der Waals surface area contributed by atoms with Crippen molar-refractivity contribution >= 4 is 17.2 Å². The minimum Gasteiger partial charge on any atom is -0.474 e. The van der Waals surface area contributed by atoms with Crippen molar-refractivity contribution in [3.8, 4) is 5.88 Å². The fourth-order valence-corrected chi connectivity index (χ4v) is 3.29. The second-order valence-electron chi connectivity index (χ2n) is 6.14. The van der Waals surface area contributed by atoms with Gasteiger partial charge in [0.15, 0.2) is 0 Å². The van der Waals surface area contributed by atoms with Gasteiger partial charge in [0, 0.05) is 18.8 Å². The third-order valence-corrected chi connectivity index (χ3v) is 4.70. The van der Waals surface area contributed by atoms with Crippen molar-refractivity contribution in [3.05, 3.63) is 22.9 Å². The van der Waals surface area contributed by atoms with E-state index in [0.29, 0.717) is 10.9 Å². The highest BCUT2D eigenvalue weighted by Crippen LogP contribution is 2.27. The van der Waals surface area contributed by atoms with Crippen molar-refractivity contribution < 1.29 is 4.74 Å². The van der Waals surface area contributed by atoms with Gasteiger partial charge in [0.1, 0.15) is 11.1 Å². The maximum Gasteiger partial charge on any atom is 0.224 e. The van der Waals surface area contributed by atoms with E-state index < -0.39 is 0 Å². The van der Waals surface area contributed by atoms with Gasteiger partial charge in [-0.05, 0) is 57.2 Å². The van der Waals surface area contributed by atoms with E-state index >= 15 is 0 Å². The van der Waals surface area contributed by atoms with Crippen molar-refractivity contribution in [2.75, 3.05) is 20.1 Å². The Kier molecular flexibility index (Phi) is 4.40. The van der Waals surface area contributed by atoms with Gasteiger partial charge in [-0.1, -0.05) is 12.2 Å². The molecule has 114 valence electrons. The van der Waals surface area contributed by atoms with Crippen LogP contribution in [0.3, 0.4) is 0 Å². The van der Waals surface area contributed by atoms with Crippen molar-refractivity contribution in [1.82, 2.24) is 9.88 Å². The number of piperidine rings is 1. The Hall–Kier alpha value is -1.20. The van der Waals surface area contributed by atoms with Crippen LogP contribution in [0.5, 0.6) is 5.88 Å². The van der Waals surface area contributed by atoms with E-state index in [2.05, 4.69) is 18.0 Å². The Balaban J connectivity index is 1.84. The third-order valence-electron chi connectivity index (χ3n) is 4.48. The molecule has 1 aliphatic carbocycles. The van der Waals surface area contributed by atoms with Gasteiger partial charge in [-0.3, -0.25) is 0 Å². The van der Waals surface area contributed by atoms with Gasteiger partial charge in [0.2, 0.25) is 5.88 Å². The highest BCUT2D eigenvalue weighted by molar-refractivity contribution is 7.80. The molecule has 0 amide bonds. The summed E-state index contributed by atoms with van der Waals surface area (Å²) in [5, 5.41) is 0.